The van der Waals surface area contributed by atoms with E-state index in [1.165, 1.54) is 0 Å². The second kappa shape index (κ2) is 2.89. The highest BCUT2D eigenvalue weighted by atomic mass is 35.5. The SMILES string of the molecule is C=C1COc2cc(Cl)ccc2C1=O. The highest BCUT2D eigenvalue weighted by Crippen LogP contribution is 2.28. The number of ketones is 1. The standard InChI is InChI=1S/C10H7ClO2/c1-6-5-13-9-4-7(11)2-3-8(9)10(6)12/h2-4H,1,5H2. The van der Waals surface area contributed by atoms with Crippen molar-refractivity contribution in [2.45, 2.75) is 0 Å². The number of fused-ring (bicyclic) bond motifs is 1. The van der Waals surface area contributed by atoms with Crippen molar-refractivity contribution in [1.29, 1.82) is 0 Å². The van der Waals surface area contributed by atoms with Crippen molar-refractivity contribution in [2.24, 2.45) is 0 Å². The molecule has 0 spiro atoms. The fraction of sp³-hybridized carbons (Fsp3) is 0.100. The van der Waals surface area contributed by atoms with Gasteiger partial charge in [-0.05, 0) is 18.2 Å². The van der Waals surface area contributed by atoms with Crippen LogP contribution in [0.25, 0.3) is 0 Å². The molecule has 0 atom stereocenters. The normalized spacial score (nSPS) is 15.2. The fourth-order valence-electron chi connectivity index (χ4n) is 1.22. The number of rotatable bonds is 0. The Morgan fingerprint density at radius 3 is 3.00 bits per heavy atom. The van der Waals surface area contributed by atoms with Crippen LogP contribution in [0.15, 0.2) is 30.4 Å². The summed E-state index contributed by atoms with van der Waals surface area (Å²) >= 11 is 5.75. The molecule has 0 bridgehead atoms. The highest BCUT2D eigenvalue weighted by Gasteiger charge is 2.21. The van der Waals surface area contributed by atoms with Crippen LogP contribution in [-0.2, 0) is 0 Å². The van der Waals surface area contributed by atoms with Crippen LogP contribution in [0.3, 0.4) is 0 Å². The molecule has 2 rings (SSSR count). The zero-order valence-corrected chi connectivity index (χ0v) is 7.60. The lowest BCUT2D eigenvalue weighted by Crippen LogP contribution is -2.17. The molecule has 66 valence electrons. The van der Waals surface area contributed by atoms with Gasteiger partial charge in [0.1, 0.15) is 12.4 Å². The van der Waals surface area contributed by atoms with Crippen LogP contribution in [0.2, 0.25) is 5.02 Å². The van der Waals surface area contributed by atoms with E-state index in [9.17, 15) is 4.79 Å². The zero-order chi connectivity index (χ0) is 9.42. The topological polar surface area (TPSA) is 26.3 Å². The van der Waals surface area contributed by atoms with Crippen LogP contribution in [0.4, 0.5) is 0 Å². The van der Waals surface area contributed by atoms with Gasteiger partial charge in [0.05, 0.1) is 5.56 Å². The molecule has 1 aromatic carbocycles. The van der Waals surface area contributed by atoms with Crippen molar-refractivity contribution in [3.63, 3.8) is 0 Å². The summed E-state index contributed by atoms with van der Waals surface area (Å²) in [5.74, 6) is 0.489. The Morgan fingerprint density at radius 1 is 1.46 bits per heavy atom. The summed E-state index contributed by atoms with van der Waals surface area (Å²) < 4.78 is 5.28. The van der Waals surface area contributed by atoms with Gasteiger partial charge in [-0.25, -0.2) is 0 Å². The van der Waals surface area contributed by atoms with Crippen molar-refractivity contribution in [3.8, 4) is 5.75 Å². The molecule has 1 aliphatic rings. The third kappa shape index (κ3) is 1.33. The number of Topliss-reactive ketones (excluding diaryl/α,β-unsaturated/α-hetero) is 1. The van der Waals surface area contributed by atoms with E-state index in [0.29, 0.717) is 21.9 Å². The Hall–Kier alpha value is -1.28. The summed E-state index contributed by atoms with van der Waals surface area (Å²) in [5, 5.41) is 0.569. The Balaban J connectivity index is 2.56. The predicted octanol–water partition coefficient (Wildman–Crippen LogP) is 2.47. The predicted molar refractivity (Wildman–Crippen MR) is 50.4 cm³/mol. The molecule has 13 heavy (non-hydrogen) atoms. The molecule has 2 nitrogen and oxygen atoms in total. The molecule has 0 saturated carbocycles. The van der Waals surface area contributed by atoms with Crippen molar-refractivity contribution in [3.05, 3.63) is 40.9 Å². The second-order valence-electron chi connectivity index (χ2n) is 2.86. The van der Waals surface area contributed by atoms with Gasteiger partial charge in [-0.2, -0.15) is 0 Å². The largest absolute Gasteiger partial charge is 0.488 e. The molecule has 1 aromatic rings. The molecule has 0 aromatic heterocycles. The summed E-state index contributed by atoms with van der Waals surface area (Å²) in [6, 6.07) is 4.96. The van der Waals surface area contributed by atoms with Crippen molar-refractivity contribution in [2.75, 3.05) is 6.61 Å². The number of ether oxygens (including phenoxy) is 1. The van der Waals surface area contributed by atoms with Gasteiger partial charge in [-0.1, -0.05) is 18.2 Å². The first-order valence-corrected chi connectivity index (χ1v) is 4.21. The minimum absolute atomic E-state index is 0.0575. The first kappa shape index (κ1) is 8.32. The monoisotopic (exact) mass is 194 g/mol. The highest BCUT2D eigenvalue weighted by molar-refractivity contribution is 6.31. The van der Waals surface area contributed by atoms with E-state index in [1.54, 1.807) is 18.2 Å². The van der Waals surface area contributed by atoms with Gasteiger partial charge in [0.2, 0.25) is 0 Å². The molecule has 0 N–H and O–H groups in total. The molecule has 0 unspecified atom stereocenters. The number of halogens is 1. The average Bonchev–Trinajstić information content (AvgIpc) is 2.12. The summed E-state index contributed by atoms with van der Waals surface area (Å²) in [7, 11) is 0. The van der Waals surface area contributed by atoms with Crippen LogP contribution in [0.5, 0.6) is 5.75 Å². The van der Waals surface area contributed by atoms with Gasteiger partial charge in [0, 0.05) is 10.6 Å². The summed E-state index contributed by atoms with van der Waals surface area (Å²) in [4.78, 5) is 11.5. The molecule has 0 radical (unpaired) electrons. The molecular formula is C10H7ClO2. The number of hydrogen-bond acceptors (Lipinski definition) is 2. The van der Waals surface area contributed by atoms with Crippen molar-refractivity contribution >= 4 is 17.4 Å². The van der Waals surface area contributed by atoms with Gasteiger partial charge < -0.3 is 4.74 Å². The maximum Gasteiger partial charge on any atom is 0.195 e. The quantitative estimate of drug-likeness (QED) is 0.593. The van der Waals surface area contributed by atoms with E-state index in [0.717, 1.165) is 0 Å². The molecule has 0 saturated heterocycles. The molecule has 3 heteroatoms. The second-order valence-corrected chi connectivity index (χ2v) is 3.30. The number of carbonyl (C=O) groups is 1. The summed E-state index contributed by atoms with van der Waals surface area (Å²) in [6.07, 6.45) is 0. The molecular weight excluding hydrogens is 188 g/mol. The lowest BCUT2D eigenvalue weighted by molar-refractivity contribution is 0.1000. The summed E-state index contributed by atoms with van der Waals surface area (Å²) in [6.45, 7) is 3.87. The van der Waals surface area contributed by atoms with Crippen LogP contribution in [0.1, 0.15) is 10.4 Å². The van der Waals surface area contributed by atoms with E-state index in [1.807, 2.05) is 0 Å². The number of hydrogen-bond donors (Lipinski definition) is 0. The Kier molecular flexibility index (Phi) is 1.85. The van der Waals surface area contributed by atoms with Gasteiger partial charge in [0.25, 0.3) is 0 Å². The Morgan fingerprint density at radius 2 is 2.23 bits per heavy atom. The van der Waals surface area contributed by atoms with E-state index < -0.39 is 0 Å². The van der Waals surface area contributed by atoms with Gasteiger partial charge >= 0.3 is 0 Å². The molecule has 0 fully saturated rings. The molecule has 1 aliphatic heterocycles. The van der Waals surface area contributed by atoms with E-state index in [-0.39, 0.29) is 12.4 Å². The van der Waals surface area contributed by atoms with Crippen LogP contribution >= 0.6 is 11.6 Å². The van der Waals surface area contributed by atoms with Crippen LogP contribution in [0, 0.1) is 0 Å². The summed E-state index contributed by atoms with van der Waals surface area (Å²) in [5.41, 5.74) is 1.02. The lowest BCUT2D eigenvalue weighted by atomic mass is 10.0. The average molecular weight is 195 g/mol. The zero-order valence-electron chi connectivity index (χ0n) is 6.84. The third-order valence-electron chi connectivity index (χ3n) is 1.91. The number of carbonyl (C=O) groups excluding carboxylic acids is 1. The minimum atomic E-state index is -0.0575. The van der Waals surface area contributed by atoms with E-state index in [2.05, 4.69) is 6.58 Å². The smallest absolute Gasteiger partial charge is 0.195 e. The fourth-order valence-corrected chi connectivity index (χ4v) is 1.39. The van der Waals surface area contributed by atoms with Crippen LogP contribution < -0.4 is 4.74 Å². The molecule has 1 heterocycles. The minimum Gasteiger partial charge on any atom is -0.488 e. The molecule has 0 amide bonds. The Bertz CT molecular complexity index is 396. The third-order valence-corrected chi connectivity index (χ3v) is 2.15. The van der Waals surface area contributed by atoms with Gasteiger partial charge in [0.15, 0.2) is 5.78 Å². The molecule has 0 aliphatic carbocycles. The number of benzene rings is 1. The van der Waals surface area contributed by atoms with Gasteiger partial charge in [-0.3, -0.25) is 4.79 Å². The van der Waals surface area contributed by atoms with Gasteiger partial charge in [-0.15, -0.1) is 0 Å². The first-order valence-electron chi connectivity index (χ1n) is 3.83. The van der Waals surface area contributed by atoms with Crippen molar-refractivity contribution < 1.29 is 9.53 Å². The Labute approximate surface area is 80.8 Å². The van der Waals surface area contributed by atoms with E-state index in [4.69, 9.17) is 16.3 Å². The maximum absolute atomic E-state index is 11.5. The van der Waals surface area contributed by atoms with Crippen LogP contribution in [-0.4, -0.2) is 12.4 Å². The maximum atomic E-state index is 11.5. The first-order chi connectivity index (χ1) is 6.18. The van der Waals surface area contributed by atoms with Crippen molar-refractivity contribution in [1.82, 2.24) is 0 Å². The lowest BCUT2D eigenvalue weighted by Gasteiger charge is -2.17. The van der Waals surface area contributed by atoms with E-state index >= 15 is 0 Å².